The van der Waals surface area contributed by atoms with Gasteiger partial charge in [0.05, 0.1) is 0 Å². The van der Waals surface area contributed by atoms with E-state index in [0.717, 1.165) is 19.0 Å². The zero-order valence-electron chi connectivity index (χ0n) is 14.1. The Balaban J connectivity index is 1.91. The predicted molar refractivity (Wildman–Crippen MR) is 93.0 cm³/mol. The van der Waals surface area contributed by atoms with Crippen molar-refractivity contribution in [2.75, 3.05) is 24.5 Å². The Labute approximate surface area is 130 Å². The largest absolute Gasteiger partial charge is 0.372 e. The van der Waals surface area contributed by atoms with Crippen LogP contribution in [0.5, 0.6) is 0 Å². The molecule has 0 unspecified atom stereocenters. The van der Waals surface area contributed by atoms with Gasteiger partial charge in [-0.05, 0) is 61.9 Å². The van der Waals surface area contributed by atoms with Crippen LogP contribution in [0.25, 0.3) is 0 Å². The molecule has 0 atom stereocenters. The minimum atomic E-state index is 0.963. The molecule has 2 rings (SSSR count). The van der Waals surface area contributed by atoms with Crippen LogP contribution in [0.2, 0.25) is 0 Å². The van der Waals surface area contributed by atoms with Gasteiger partial charge in [0.2, 0.25) is 0 Å². The second-order valence-corrected chi connectivity index (χ2v) is 6.51. The SMILES string of the molecule is CCCNCc1ccc(N2CCC(CCC)CC2)cc1C. The van der Waals surface area contributed by atoms with Crippen LogP contribution in [0.15, 0.2) is 18.2 Å². The van der Waals surface area contributed by atoms with Crippen molar-refractivity contribution in [3.8, 4) is 0 Å². The zero-order valence-corrected chi connectivity index (χ0v) is 14.1. The van der Waals surface area contributed by atoms with Crippen LogP contribution in [0.4, 0.5) is 5.69 Å². The number of anilines is 1. The molecule has 0 amide bonds. The summed E-state index contributed by atoms with van der Waals surface area (Å²) in [6.07, 6.45) is 6.68. The molecule has 118 valence electrons. The third kappa shape index (κ3) is 4.74. The summed E-state index contributed by atoms with van der Waals surface area (Å²) in [6, 6.07) is 7.00. The molecule has 1 saturated heterocycles. The third-order valence-corrected chi connectivity index (χ3v) is 4.75. The minimum Gasteiger partial charge on any atom is -0.372 e. The maximum Gasteiger partial charge on any atom is 0.0369 e. The molecular formula is C19H32N2. The molecule has 0 aromatic heterocycles. The van der Waals surface area contributed by atoms with E-state index in [2.05, 4.69) is 49.2 Å². The Morgan fingerprint density at radius 3 is 2.52 bits per heavy atom. The average Bonchev–Trinajstić information content (AvgIpc) is 2.50. The normalized spacial score (nSPS) is 16.4. The molecule has 2 heteroatoms. The first-order chi connectivity index (χ1) is 10.2. The van der Waals surface area contributed by atoms with Gasteiger partial charge in [-0.1, -0.05) is 32.8 Å². The summed E-state index contributed by atoms with van der Waals surface area (Å²) in [5.74, 6) is 0.963. The summed E-state index contributed by atoms with van der Waals surface area (Å²) in [5, 5.41) is 3.50. The van der Waals surface area contributed by atoms with Crippen LogP contribution >= 0.6 is 0 Å². The Kier molecular flexibility index (Phi) is 6.56. The topological polar surface area (TPSA) is 15.3 Å². The summed E-state index contributed by atoms with van der Waals surface area (Å²) >= 11 is 0. The molecule has 1 aromatic rings. The average molecular weight is 288 g/mol. The Morgan fingerprint density at radius 1 is 1.14 bits per heavy atom. The monoisotopic (exact) mass is 288 g/mol. The molecule has 1 aliphatic heterocycles. The number of rotatable bonds is 7. The van der Waals surface area contributed by atoms with Gasteiger partial charge < -0.3 is 10.2 Å². The fraction of sp³-hybridized carbons (Fsp3) is 0.684. The molecule has 0 bridgehead atoms. The highest BCUT2D eigenvalue weighted by Crippen LogP contribution is 2.27. The summed E-state index contributed by atoms with van der Waals surface area (Å²) < 4.78 is 0. The van der Waals surface area contributed by atoms with Gasteiger partial charge in [0.25, 0.3) is 0 Å². The first kappa shape index (κ1) is 16.4. The molecule has 0 saturated carbocycles. The lowest BCUT2D eigenvalue weighted by atomic mass is 9.92. The lowest BCUT2D eigenvalue weighted by Gasteiger charge is -2.34. The van der Waals surface area contributed by atoms with Gasteiger partial charge in [-0.3, -0.25) is 0 Å². The van der Waals surface area contributed by atoms with E-state index in [4.69, 9.17) is 0 Å². The highest BCUT2D eigenvalue weighted by molar-refractivity contribution is 5.51. The molecule has 21 heavy (non-hydrogen) atoms. The summed E-state index contributed by atoms with van der Waals surface area (Å²) in [7, 11) is 0. The molecule has 2 nitrogen and oxygen atoms in total. The van der Waals surface area contributed by atoms with Crippen molar-refractivity contribution in [1.82, 2.24) is 5.32 Å². The number of hydrogen-bond donors (Lipinski definition) is 1. The minimum absolute atomic E-state index is 0.963. The van der Waals surface area contributed by atoms with Crippen molar-refractivity contribution in [3.05, 3.63) is 29.3 Å². The van der Waals surface area contributed by atoms with E-state index in [1.54, 1.807) is 0 Å². The van der Waals surface area contributed by atoms with Crippen LogP contribution < -0.4 is 10.2 Å². The van der Waals surface area contributed by atoms with Gasteiger partial charge in [0.1, 0.15) is 0 Å². The number of hydrogen-bond acceptors (Lipinski definition) is 2. The number of nitrogens with zero attached hydrogens (tertiary/aromatic N) is 1. The lowest BCUT2D eigenvalue weighted by molar-refractivity contribution is 0.378. The van der Waals surface area contributed by atoms with E-state index in [-0.39, 0.29) is 0 Å². The highest BCUT2D eigenvalue weighted by atomic mass is 15.1. The van der Waals surface area contributed by atoms with Crippen LogP contribution in [-0.4, -0.2) is 19.6 Å². The fourth-order valence-electron chi connectivity index (χ4n) is 3.36. The summed E-state index contributed by atoms with van der Waals surface area (Å²) in [4.78, 5) is 2.57. The summed E-state index contributed by atoms with van der Waals surface area (Å²) in [6.45, 7) is 11.3. The molecule has 1 N–H and O–H groups in total. The quantitative estimate of drug-likeness (QED) is 0.743. The molecule has 1 aromatic carbocycles. The smallest absolute Gasteiger partial charge is 0.0369 e. The third-order valence-electron chi connectivity index (χ3n) is 4.75. The van der Waals surface area contributed by atoms with Gasteiger partial charge in [-0.25, -0.2) is 0 Å². The molecule has 1 fully saturated rings. The van der Waals surface area contributed by atoms with E-state index in [1.807, 2.05) is 0 Å². The Hall–Kier alpha value is -1.02. The molecule has 0 radical (unpaired) electrons. The zero-order chi connectivity index (χ0) is 15.1. The number of benzene rings is 1. The van der Waals surface area contributed by atoms with Gasteiger partial charge >= 0.3 is 0 Å². The van der Waals surface area contributed by atoms with Gasteiger partial charge in [-0.2, -0.15) is 0 Å². The maximum atomic E-state index is 3.50. The highest BCUT2D eigenvalue weighted by Gasteiger charge is 2.18. The second-order valence-electron chi connectivity index (χ2n) is 6.51. The molecule has 1 heterocycles. The van der Waals surface area contributed by atoms with Crippen molar-refractivity contribution in [3.63, 3.8) is 0 Å². The Bertz CT molecular complexity index is 420. The second kappa shape index (κ2) is 8.43. The summed E-state index contributed by atoms with van der Waals surface area (Å²) in [5.41, 5.74) is 4.28. The lowest BCUT2D eigenvalue weighted by Crippen LogP contribution is -2.33. The van der Waals surface area contributed by atoms with Gasteiger partial charge in [-0.15, -0.1) is 0 Å². The molecule has 1 aliphatic rings. The first-order valence-electron chi connectivity index (χ1n) is 8.79. The van der Waals surface area contributed by atoms with Crippen LogP contribution in [-0.2, 0) is 6.54 Å². The predicted octanol–water partition coefficient (Wildman–Crippen LogP) is 4.51. The van der Waals surface area contributed by atoms with Crippen molar-refractivity contribution < 1.29 is 0 Å². The van der Waals surface area contributed by atoms with E-state index in [9.17, 15) is 0 Å². The van der Waals surface area contributed by atoms with Gasteiger partial charge in [0.15, 0.2) is 0 Å². The standard InChI is InChI=1S/C19H32N2/c1-4-6-17-9-12-21(13-10-17)19-8-7-18(16(3)14-19)15-20-11-5-2/h7-8,14,17,20H,4-6,9-13,15H2,1-3H3. The van der Waals surface area contributed by atoms with Crippen LogP contribution in [0, 0.1) is 12.8 Å². The van der Waals surface area contributed by atoms with E-state index in [0.29, 0.717) is 0 Å². The number of piperidine rings is 1. The fourth-order valence-corrected chi connectivity index (χ4v) is 3.36. The van der Waals surface area contributed by atoms with Gasteiger partial charge in [0, 0.05) is 25.3 Å². The molecule has 0 aliphatic carbocycles. The van der Waals surface area contributed by atoms with Crippen molar-refractivity contribution in [2.45, 2.75) is 59.4 Å². The number of nitrogens with one attached hydrogen (secondary N) is 1. The van der Waals surface area contributed by atoms with E-state index >= 15 is 0 Å². The molecular weight excluding hydrogens is 256 g/mol. The van der Waals surface area contributed by atoms with E-state index < -0.39 is 0 Å². The van der Waals surface area contributed by atoms with Crippen molar-refractivity contribution in [2.24, 2.45) is 5.92 Å². The van der Waals surface area contributed by atoms with Crippen molar-refractivity contribution >= 4 is 5.69 Å². The Morgan fingerprint density at radius 2 is 1.90 bits per heavy atom. The van der Waals surface area contributed by atoms with Crippen LogP contribution in [0.3, 0.4) is 0 Å². The first-order valence-corrected chi connectivity index (χ1v) is 8.79. The van der Waals surface area contributed by atoms with Crippen molar-refractivity contribution in [1.29, 1.82) is 0 Å². The molecule has 0 spiro atoms. The number of aryl methyl sites for hydroxylation is 1. The van der Waals surface area contributed by atoms with E-state index in [1.165, 1.54) is 62.0 Å². The maximum absolute atomic E-state index is 3.50. The van der Waals surface area contributed by atoms with Crippen LogP contribution in [0.1, 0.15) is 57.1 Å².